The number of nitrogens with zero attached hydrogens (tertiary/aromatic N) is 4. The summed E-state index contributed by atoms with van der Waals surface area (Å²) < 4.78 is 41.7. The van der Waals surface area contributed by atoms with E-state index >= 15 is 4.39 Å². The largest absolute Gasteiger partial charge is 0.452 e. The van der Waals surface area contributed by atoms with E-state index in [4.69, 9.17) is 14.6 Å². The van der Waals surface area contributed by atoms with Crippen molar-refractivity contribution in [1.29, 1.82) is 5.41 Å². The van der Waals surface area contributed by atoms with Gasteiger partial charge in [-0.15, -0.1) is 0 Å². The first kappa shape index (κ1) is 28.8. The van der Waals surface area contributed by atoms with E-state index in [9.17, 15) is 18.8 Å². The number of nitrogens with one attached hydrogen (secondary N) is 2. The molecule has 0 atom stereocenters. The van der Waals surface area contributed by atoms with Gasteiger partial charge in [-0.1, -0.05) is 0 Å². The van der Waals surface area contributed by atoms with Crippen LogP contribution in [0, 0.1) is 17.0 Å². The lowest BCUT2D eigenvalue weighted by Crippen LogP contribution is -2.42. The normalized spacial score (nSPS) is 11.0. The van der Waals surface area contributed by atoms with Crippen LogP contribution in [0.25, 0.3) is 17.1 Å². The number of carbonyl (C=O) groups excluding carboxylic acids is 1. The second-order valence-corrected chi connectivity index (χ2v) is 9.56. The smallest absolute Gasteiger partial charge is 0.335 e. The molecule has 0 aliphatic rings. The van der Waals surface area contributed by atoms with Gasteiger partial charge in [0.05, 0.1) is 23.1 Å². The molecule has 5 aromatic rings. The summed E-state index contributed by atoms with van der Waals surface area (Å²) in [6, 6.07) is 9.48. The number of amides is 1. The van der Waals surface area contributed by atoms with Gasteiger partial charge < -0.3 is 19.9 Å². The number of carbonyl (C=O) groups is 1. The summed E-state index contributed by atoms with van der Waals surface area (Å²) in [4.78, 5) is 47.9. The molecule has 13 heteroatoms. The topological polar surface area (TPSA) is 145 Å². The van der Waals surface area contributed by atoms with E-state index < -0.39 is 34.8 Å². The molecular formula is C30H24F2N6O5. The van der Waals surface area contributed by atoms with Crippen molar-refractivity contribution >= 4 is 17.8 Å². The zero-order chi connectivity index (χ0) is 30.7. The van der Waals surface area contributed by atoms with Crippen LogP contribution in [0.1, 0.15) is 35.9 Å². The average molecular weight is 587 g/mol. The van der Waals surface area contributed by atoms with E-state index in [0.29, 0.717) is 11.3 Å². The highest BCUT2D eigenvalue weighted by Gasteiger charge is 2.21. The van der Waals surface area contributed by atoms with Gasteiger partial charge in [0.15, 0.2) is 11.6 Å². The van der Waals surface area contributed by atoms with Crippen molar-refractivity contribution < 1.29 is 22.7 Å². The molecule has 11 nitrogen and oxygen atoms in total. The maximum Gasteiger partial charge on any atom is 0.335 e. The molecule has 0 saturated heterocycles. The number of benzene rings is 2. The summed E-state index contributed by atoms with van der Waals surface area (Å²) in [5.74, 6) is -2.03. The number of oxazole rings is 1. The fourth-order valence-corrected chi connectivity index (χ4v) is 4.19. The Morgan fingerprint density at radius 3 is 2.51 bits per heavy atom. The Bertz CT molecular complexity index is 1930. The summed E-state index contributed by atoms with van der Waals surface area (Å²) in [5.41, 5.74) is -1.08. The summed E-state index contributed by atoms with van der Waals surface area (Å²) in [6.07, 6.45) is 6.75. The second-order valence-electron chi connectivity index (χ2n) is 9.56. The molecule has 0 unspecified atom stereocenters. The van der Waals surface area contributed by atoms with Gasteiger partial charge in [0.1, 0.15) is 23.4 Å². The van der Waals surface area contributed by atoms with Crippen LogP contribution in [-0.2, 0) is 6.42 Å². The Labute approximate surface area is 242 Å². The Hall–Kier alpha value is -5.72. The van der Waals surface area contributed by atoms with Gasteiger partial charge >= 0.3 is 5.69 Å². The molecule has 1 amide bonds. The fraction of sp³-hybridized carbons (Fsp3) is 0.133. The lowest BCUT2D eigenvalue weighted by Gasteiger charge is -2.16. The SMILES string of the molecule is CC(C)n1cc(C(=O)Nc2ccc(Oc3cc(-c4ncco4)cnc3CC=N)c(F)c2)c(=O)n(-c2ccc(F)cc2)c1=O. The molecule has 0 radical (unpaired) electrons. The highest BCUT2D eigenvalue weighted by molar-refractivity contribution is 6.03. The van der Waals surface area contributed by atoms with Crippen LogP contribution >= 0.6 is 0 Å². The van der Waals surface area contributed by atoms with Crippen LogP contribution in [0.3, 0.4) is 0 Å². The Morgan fingerprint density at radius 1 is 1.09 bits per heavy atom. The van der Waals surface area contributed by atoms with Crippen molar-refractivity contribution in [3.8, 4) is 28.6 Å². The first-order chi connectivity index (χ1) is 20.7. The minimum atomic E-state index is -0.927. The molecule has 0 bridgehead atoms. The third kappa shape index (κ3) is 6.00. The number of ether oxygens (including phenoxy) is 1. The van der Waals surface area contributed by atoms with Gasteiger partial charge in [0.2, 0.25) is 5.89 Å². The number of anilines is 1. The monoisotopic (exact) mass is 586 g/mol. The lowest BCUT2D eigenvalue weighted by atomic mass is 10.2. The van der Waals surface area contributed by atoms with Crippen molar-refractivity contribution in [2.45, 2.75) is 26.3 Å². The molecule has 0 aliphatic carbocycles. The molecule has 0 fully saturated rings. The van der Waals surface area contributed by atoms with E-state index in [1.54, 1.807) is 19.9 Å². The molecule has 2 N–H and O–H groups in total. The van der Waals surface area contributed by atoms with Crippen molar-refractivity contribution in [2.24, 2.45) is 0 Å². The Kier molecular flexibility index (Phi) is 8.05. The third-order valence-electron chi connectivity index (χ3n) is 6.31. The van der Waals surface area contributed by atoms with Crippen molar-refractivity contribution in [3.05, 3.63) is 117 Å². The molecule has 218 valence electrons. The lowest BCUT2D eigenvalue weighted by molar-refractivity contribution is 0.102. The van der Waals surface area contributed by atoms with Crippen LogP contribution in [0.5, 0.6) is 11.5 Å². The number of pyridine rings is 1. The van der Waals surface area contributed by atoms with E-state index in [0.717, 1.165) is 35.2 Å². The minimum Gasteiger partial charge on any atom is -0.452 e. The second kappa shape index (κ2) is 12.0. The summed E-state index contributed by atoms with van der Waals surface area (Å²) in [6.45, 7) is 3.39. The molecule has 3 aromatic heterocycles. The third-order valence-corrected chi connectivity index (χ3v) is 6.31. The van der Waals surface area contributed by atoms with Gasteiger partial charge in [-0.05, 0) is 56.3 Å². The van der Waals surface area contributed by atoms with Crippen molar-refractivity contribution in [1.82, 2.24) is 19.1 Å². The number of hydrogen-bond acceptors (Lipinski definition) is 8. The van der Waals surface area contributed by atoms with Crippen LogP contribution in [0.4, 0.5) is 14.5 Å². The van der Waals surface area contributed by atoms with Gasteiger partial charge in [-0.3, -0.25) is 19.1 Å². The summed E-state index contributed by atoms with van der Waals surface area (Å²) in [5, 5.41) is 9.90. The average Bonchev–Trinajstić information content (AvgIpc) is 3.51. The number of aromatic nitrogens is 4. The van der Waals surface area contributed by atoms with Gasteiger partial charge in [0, 0.05) is 42.8 Å². The highest BCUT2D eigenvalue weighted by atomic mass is 19.1. The van der Waals surface area contributed by atoms with E-state index in [-0.39, 0.29) is 40.7 Å². The van der Waals surface area contributed by atoms with Crippen LogP contribution in [-0.4, -0.2) is 31.2 Å². The highest BCUT2D eigenvalue weighted by Crippen LogP contribution is 2.31. The first-order valence-corrected chi connectivity index (χ1v) is 13.0. The quantitative estimate of drug-likeness (QED) is 0.227. The number of rotatable bonds is 9. The van der Waals surface area contributed by atoms with Crippen molar-refractivity contribution in [3.63, 3.8) is 0 Å². The molecule has 5 rings (SSSR count). The maximum atomic E-state index is 15.2. The summed E-state index contributed by atoms with van der Waals surface area (Å²) in [7, 11) is 0. The zero-order valence-electron chi connectivity index (χ0n) is 22.9. The molecular weight excluding hydrogens is 562 g/mol. The Morgan fingerprint density at radius 2 is 1.86 bits per heavy atom. The molecule has 2 aromatic carbocycles. The van der Waals surface area contributed by atoms with Gasteiger partial charge in [-0.2, -0.15) is 0 Å². The predicted octanol–water partition coefficient (Wildman–Crippen LogP) is 5.14. The molecule has 0 spiro atoms. The van der Waals surface area contributed by atoms with Gasteiger partial charge in [0.25, 0.3) is 11.5 Å². The Balaban J connectivity index is 1.44. The van der Waals surface area contributed by atoms with Gasteiger partial charge in [-0.25, -0.2) is 23.1 Å². The fourth-order valence-electron chi connectivity index (χ4n) is 4.19. The molecule has 43 heavy (non-hydrogen) atoms. The van der Waals surface area contributed by atoms with Crippen LogP contribution in [0.15, 0.2) is 87.4 Å². The number of halogens is 2. The van der Waals surface area contributed by atoms with E-state index in [1.807, 2.05) is 0 Å². The minimum absolute atomic E-state index is 0.0104. The molecule has 0 saturated carbocycles. The molecule has 3 heterocycles. The van der Waals surface area contributed by atoms with E-state index in [1.165, 1.54) is 47.5 Å². The standard InChI is InChI=1S/C30H24F2N6O5/c1-17(2)37-16-22(29(40)38(30(37)41)21-6-3-19(31)4-7-21)27(39)36-20-5-8-25(23(32)14-20)43-26-13-18(28-34-11-12-42-28)15-35-24(26)9-10-33/h3-8,10-17,33H,9H2,1-2H3,(H,36,39). The predicted molar refractivity (Wildman–Crippen MR) is 153 cm³/mol. The molecule has 0 aliphatic heterocycles. The van der Waals surface area contributed by atoms with Crippen molar-refractivity contribution in [2.75, 3.05) is 5.32 Å². The summed E-state index contributed by atoms with van der Waals surface area (Å²) >= 11 is 0. The van der Waals surface area contributed by atoms with Crippen LogP contribution in [0.2, 0.25) is 0 Å². The van der Waals surface area contributed by atoms with E-state index in [2.05, 4.69) is 15.3 Å². The van der Waals surface area contributed by atoms with Crippen LogP contribution < -0.4 is 21.3 Å². The first-order valence-electron chi connectivity index (χ1n) is 13.0. The zero-order valence-corrected chi connectivity index (χ0v) is 22.9. The number of hydrogen-bond donors (Lipinski definition) is 2. The maximum absolute atomic E-state index is 15.2.